The van der Waals surface area contributed by atoms with Crippen LogP contribution in [-0.2, 0) is 16.0 Å². The molecule has 6 rings (SSSR count). The molecule has 2 aromatic carbocycles. The fourth-order valence-electron chi connectivity index (χ4n) is 6.98. The Morgan fingerprint density at radius 2 is 2.00 bits per heavy atom. The van der Waals surface area contributed by atoms with Gasteiger partial charge < -0.3 is 15.3 Å². The number of carboxylic acid groups (broad SMARTS) is 1. The number of hydrogen-bond acceptors (Lipinski definition) is 4. The molecule has 0 radical (unpaired) electrons. The minimum atomic E-state index is -1.34. The normalized spacial score (nSPS) is 27.5. The summed E-state index contributed by atoms with van der Waals surface area (Å²) in [6.45, 7) is 6.11. The van der Waals surface area contributed by atoms with Crippen LogP contribution in [0.3, 0.4) is 0 Å². The summed E-state index contributed by atoms with van der Waals surface area (Å²) in [4.78, 5) is 43.8. The molecule has 7 nitrogen and oxygen atoms in total. The van der Waals surface area contributed by atoms with Crippen LogP contribution in [-0.4, -0.2) is 52.5 Å². The van der Waals surface area contributed by atoms with Crippen molar-refractivity contribution in [2.24, 2.45) is 17.8 Å². The van der Waals surface area contributed by atoms with Crippen molar-refractivity contribution < 1.29 is 23.9 Å². The van der Waals surface area contributed by atoms with Gasteiger partial charge in [-0.3, -0.25) is 14.5 Å². The number of rotatable bonds is 7. The molecule has 4 atom stereocenters. The second kappa shape index (κ2) is 10.7. The van der Waals surface area contributed by atoms with Gasteiger partial charge in [0.1, 0.15) is 11.4 Å². The molecule has 3 heterocycles. The molecule has 1 spiro atoms. The number of aromatic carboxylic acids is 1. The molecule has 0 unspecified atom stereocenters. The van der Waals surface area contributed by atoms with Crippen LogP contribution in [0, 0.1) is 24.7 Å². The SMILES string of the molecule is C=C(Cl)/C=C\C=C(/F)[C@H]1[C@@H]2C(=O)N(c3ccc(C(=O)O)c(C)c3)C[C@@H]2N(CC2CC2)[C@]12Cc1ccc(Cl)cc1NC2=O. The molecule has 2 amide bonds. The largest absolute Gasteiger partial charge is 0.478 e. The number of carbonyl (C=O) groups excluding carboxylic acids is 2. The van der Waals surface area contributed by atoms with Crippen LogP contribution in [0.15, 0.2) is 72.1 Å². The smallest absolute Gasteiger partial charge is 0.335 e. The average molecular weight is 611 g/mol. The van der Waals surface area contributed by atoms with Crippen molar-refractivity contribution in [3.05, 3.63) is 93.8 Å². The van der Waals surface area contributed by atoms with Gasteiger partial charge in [-0.05, 0) is 79.3 Å². The third-order valence-electron chi connectivity index (χ3n) is 9.03. The van der Waals surface area contributed by atoms with E-state index in [4.69, 9.17) is 23.2 Å². The quantitative estimate of drug-likeness (QED) is 0.369. The Morgan fingerprint density at radius 1 is 1.24 bits per heavy atom. The number of carboxylic acids is 1. The monoisotopic (exact) mass is 609 g/mol. The Balaban J connectivity index is 1.47. The van der Waals surface area contributed by atoms with E-state index in [0.29, 0.717) is 34.4 Å². The maximum atomic E-state index is 16.5. The van der Waals surface area contributed by atoms with Crippen molar-refractivity contribution in [3.8, 4) is 0 Å². The Kier molecular flexibility index (Phi) is 7.28. The first-order valence-corrected chi connectivity index (χ1v) is 14.7. The highest BCUT2D eigenvalue weighted by molar-refractivity contribution is 6.31. The number of amides is 2. The molecule has 0 aromatic heterocycles. The van der Waals surface area contributed by atoms with Gasteiger partial charge in [0.25, 0.3) is 0 Å². The second-order valence-corrected chi connectivity index (χ2v) is 12.6. The molecular weight excluding hydrogens is 580 g/mol. The molecule has 2 saturated heterocycles. The molecule has 10 heteroatoms. The van der Waals surface area contributed by atoms with Gasteiger partial charge in [-0.1, -0.05) is 41.9 Å². The van der Waals surface area contributed by atoms with Crippen molar-refractivity contribution in [1.82, 2.24) is 4.90 Å². The van der Waals surface area contributed by atoms with Crippen LogP contribution in [0.1, 0.15) is 34.3 Å². The molecule has 2 N–H and O–H groups in total. The number of allylic oxidation sites excluding steroid dienone is 4. The second-order valence-electron chi connectivity index (χ2n) is 11.6. The van der Waals surface area contributed by atoms with Crippen molar-refractivity contribution in [3.63, 3.8) is 0 Å². The predicted molar refractivity (Wildman–Crippen MR) is 161 cm³/mol. The van der Waals surface area contributed by atoms with Crippen LogP contribution in [0.25, 0.3) is 0 Å². The van der Waals surface area contributed by atoms with E-state index in [1.165, 1.54) is 24.3 Å². The van der Waals surface area contributed by atoms with Gasteiger partial charge in [-0.2, -0.15) is 0 Å². The summed E-state index contributed by atoms with van der Waals surface area (Å²) < 4.78 is 16.5. The van der Waals surface area contributed by atoms with Crippen molar-refractivity contribution in [2.75, 3.05) is 23.3 Å². The number of nitrogens with zero attached hydrogens (tertiary/aromatic N) is 2. The lowest BCUT2D eigenvalue weighted by atomic mass is 9.72. The molecular formula is C32H30Cl2FN3O4. The van der Waals surface area contributed by atoms with Gasteiger partial charge in [0, 0.05) is 47.0 Å². The number of nitrogens with one attached hydrogen (secondary N) is 1. The Labute approximate surface area is 253 Å². The van der Waals surface area contributed by atoms with Gasteiger partial charge in [-0.15, -0.1) is 0 Å². The highest BCUT2D eigenvalue weighted by Gasteiger charge is 2.69. The number of halogens is 3. The number of likely N-dealkylation sites (tertiary alicyclic amines) is 1. The summed E-state index contributed by atoms with van der Waals surface area (Å²) in [5.74, 6) is -3.85. The first-order valence-electron chi connectivity index (χ1n) is 13.9. The molecule has 1 saturated carbocycles. The van der Waals surface area contributed by atoms with E-state index >= 15 is 4.39 Å². The minimum Gasteiger partial charge on any atom is -0.478 e. The van der Waals surface area contributed by atoms with E-state index in [2.05, 4.69) is 16.8 Å². The lowest BCUT2D eigenvalue weighted by Gasteiger charge is -2.46. The van der Waals surface area contributed by atoms with Crippen molar-refractivity contribution >= 4 is 52.4 Å². The van der Waals surface area contributed by atoms with E-state index in [1.807, 2.05) is 6.07 Å². The molecule has 1 aliphatic carbocycles. The van der Waals surface area contributed by atoms with E-state index in [-0.39, 0.29) is 35.4 Å². The van der Waals surface area contributed by atoms with Gasteiger partial charge in [-0.25, -0.2) is 9.18 Å². The van der Waals surface area contributed by atoms with E-state index < -0.39 is 35.2 Å². The number of hydrogen-bond donors (Lipinski definition) is 2. The molecule has 4 aliphatic rings. The number of benzene rings is 2. The van der Waals surface area contributed by atoms with Gasteiger partial charge in [0.15, 0.2) is 0 Å². The third kappa shape index (κ3) is 4.75. The minimum absolute atomic E-state index is 0.150. The summed E-state index contributed by atoms with van der Waals surface area (Å²) in [5.41, 5.74) is 1.29. The third-order valence-corrected chi connectivity index (χ3v) is 9.39. The number of aryl methyl sites for hydroxylation is 1. The predicted octanol–water partition coefficient (Wildman–Crippen LogP) is 6.12. The molecule has 3 fully saturated rings. The summed E-state index contributed by atoms with van der Waals surface area (Å²) in [6, 6.07) is 9.61. The number of fused-ring (bicyclic) bond motifs is 2. The van der Waals surface area contributed by atoms with E-state index in [0.717, 1.165) is 18.4 Å². The maximum Gasteiger partial charge on any atom is 0.335 e. The number of anilines is 2. The highest BCUT2D eigenvalue weighted by atomic mass is 35.5. The fourth-order valence-corrected chi connectivity index (χ4v) is 7.23. The summed E-state index contributed by atoms with van der Waals surface area (Å²) in [6.07, 6.45) is 6.41. The lowest BCUT2D eigenvalue weighted by Crippen LogP contribution is -2.63. The summed E-state index contributed by atoms with van der Waals surface area (Å²) >= 11 is 12.1. The first-order chi connectivity index (χ1) is 20.0. The molecule has 0 bridgehead atoms. The van der Waals surface area contributed by atoms with Crippen LogP contribution >= 0.6 is 23.2 Å². The standard InChI is InChI=1S/C32H30Cl2FN3O4/c1-17-12-22(10-11-23(17)30(40)41)37-16-26-27(29(37)39)28(24(35)5-3-4-18(2)33)32(38(26)15-19-6-7-19)14-20-8-9-21(34)13-25(20)36-31(32)42/h3-5,8-13,19,26-28H,2,6-7,14-16H2,1H3,(H,36,42)(H,40,41)/b4-3-,24-5-/t26-,27+,28-,32+/m0/s1. The van der Waals surface area contributed by atoms with Crippen molar-refractivity contribution in [2.45, 2.75) is 37.8 Å². The van der Waals surface area contributed by atoms with Crippen molar-refractivity contribution in [1.29, 1.82) is 0 Å². The Bertz CT molecular complexity index is 1590. The first kappa shape index (κ1) is 28.6. The van der Waals surface area contributed by atoms with E-state index in [9.17, 15) is 19.5 Å². The summed E-state index contributed by atoms with van der Waals surface area (Å²) in [7, 11) is 0. The zero-order valence-corrected chi connectivity index (χ0v) is 24.5. The zero-order valence-electron chi connectivity index (χ0n) is 22.9. The fraction of sp³-hybridized carbons (Fsp3) is 0.344. The highest BCUT2D eigenvalue weighted by Crippen LogP contribution is 2.56. The number of carbonyl (C=O) groups is 3. The van der Waals surface area contributed by atoms with Crippen LogP contribution < -0.4 is 10.2 Å². The lowest BCUT2D eigenvalue weighted by molar-refractivity contribution is -0.130. The molecule has 3 aliphatic heterocycles. The van der Waals surface area contributed by atoms with Crippen LogP contribution in [0.4, 0.5) is 15.8 Å². The zero-order chi connectivity index (χ0) is 29.9. The molecule has 218 valence electrons. The maximum absolute atomic E-state index is 16.5. The topological polar surface area (TPSA) is 89.9 Å². The average Bonchev–Trinajstić information content (AvgIpc) is 3.63. The van der Waals surface area contributed by atoms with Gasteiger partial charge in [0.2, 0.25) is 11.8 Å². The van der Waals surface area contributed by atoms with E-state index in [1.54, 1.807) is 36.1 Å². The van der Waals surface area contributed by atoms with Gasteiger partial charge in [0.05, 0.1) is 17.4 Å². The Hall–Kier alpha value is -3.46. The van der Waals surface area contributed by atoms with Crippen LogP contribution in [0.5, 0.6) is 0 Å². The molecule has 42 heavy (non-hydrogen) atoms. The molecule has 2 aromatic rings. The Morgan fingerprint density at radius 3 is 2.67 bits per heavy atom. The van der Waals surface area contributed by atoms with Gasteiger partial charge >= 0.3 is 5.97 Å². The summed E-state index contributed by atoms with van der Waals surface area (Å²) in [5, 5.41) is 13.2. The van der Waals surface area contributed by atoms with Crippen LogP contribution in [0.2, 0.25) is 5.02 Å².